The Morgan fingerprint density at radius 3 is 2.86 bits per heavy atom. The molecule has 152 valence electrons. The molecule has 3 aromatic heterocycles. The van der Waals surface area contributed by atoms with Crippen molar-refractivity contribution in [3.8, 4) is 0 Å². The number of aromatic amines is 1. The Labute approximate surface area is 173 Å². The van der Waals surface area contributed by atoms with Gasteiger partial charge in [-0.2, -0.15) is 0 Å². The van der Waals surface area contributed by atoms with Crippen LogP contribution in [0.2, 0.25) is 0 Å². The van der Waals surface area contributed by atoms with Crippen LogP contribution in [-0.2, 0) is 28.8 Å². The fourth-order valence-corrected chi connectivity index (χ4v) is 5.22. The van der Waals surface area contributed by atoms with Crippen LogP contribution in [0.1, 0.15) is 52.3 Å². The van der Waals surface area contributed by atoms with E-state index in [9.17, 15) is 14.4 Å². The van der Waals surface area contributed by atoms with E-state index in [0.717, 1.165) is 47.4 Å². The molecule has 0 saturated heterocycles. The van der Waals surface area contributed by atoms with E-state index in [4.69, 9.17) is 4.74 Å². The lowest BCUT2D eigenvalue weighted by atomic mass is 9.97. The van der Waals surface area contributed by atoms with Crippen LogP contribution in [0.4, 0.5) is 5.13 Å². The quantitative estimate of drug-likeness (QED) is 0.572. The molecule has 0 spiro atoms. The highest BCUT2D eigenvalue weighted by Gasteiger charge is 2.20. The zero-order chi connectivity index (χ0) is 20.4. The van der Waals surface area contributed by atoms with Gasteiger partial charge in [0.2, 0.25) is 16.0 Å². The highest BCUT2D eigenvalue weighted by molar-refractivity contribution is 7.18. The van der Waals surface area contributed by atoms with E-state index < -0.39 is 5.97 Å². The van der Waals surface area contributed by atoms with Crippen LogP contribution in [0, 0.1) is 0 Å². The van der Waals surface area contributed by atoms with Gasteiger partial charge in [0.05, 0.1) is 12.0 Å². The van der Waals surface area contributed by atoms with Crippen molar-refractivity contribution in [2.75, 3.05) is 11.9 Å². The maximum absolute atomic E-state index is 12.5. The highest BCUT2D eigenvalue weighted by atomic mass is 32.1. The summed E-state index contributed by atoms with van der Waals surface area (Å²) in [6.07, 6.45) is 4.59. The molecule has 0 saturated carbocycles. The van der Waals surface area contributed by atoms with Gasteiger partial charge in [-0.3, -0.25) is 9.59 Å². The summed E-state index contributed by atoms with van der Waals surface area (Å²) in [6.45, 7) is 1.94. The third-order valence-corrected chi connectivity index (χ3v) is 6.59. The summed E-state index contributed by atoms with van der Waals surface area (Å²) in [6, 6.07) is 0. The highest BCUT2D eigenvalue weighted by Crippen LogP contribution is 2.33. The second-order valence-corrected chi connectivity index (χ2v) is 8.65. The van der Waals surface area contributed by atoms with Gasteiger partial charge in [0.25, 0.3) is 5.56 Å². The lowest BCUT2D eigenvalue weighted by Gasteiger charge is -2.09. The molecule has 1 aliphatic rings. The second kappa shape index (κ2) is 8.37. The predicted molar refractivity (Wildman–Crippen MR) is 110 cm³/mol. The average molecular weight is 434 g/mol. The van der Waals surface area contributed by atoms with Gasteiger partial charge >= 0.3 is 5.97 Å². The van der Waals surface area contributed by atoms with E-state index in [0.29, 0.717) is 17.6 Å². The predicted octanol–water partition coefficient (Wildman–Crippen LogP) is 2.46. The molecule has 0 fully saturated rings. The van der Waals surface area contributed by atoms with Gasteiger partial charge in [0.1, 0.15) is 10.7 Å². The number of aromatic nitrogens is 4. The minimum Gasteiger partial charge on any atom is -0.461 e. The lowest BCUT2D eigenvalue weighted by Crippen LogP contribution is -2.16. The van der Waals surface area contributed by atoms with Crippen LogP contribution in [0.25, 0.3) is 10.2 Å². The molecule has 0 aliphatic heterocycles. The number of rotatable bonds is 6. The van der Waals surface area contributed by atoms with E-state index in [1.165, 1.54) is 4.88 Å². The van der Waals surface area contributed by atoms with Gasteiger partial charge in [-0.1, -0.05) is 11.3 Å². The summed E-state index contributed by atoms with van der Waals surface area (Å²) in [5.74, 6) is -0.385. The molecule has 0 atom stereocenters. The van der Waals surface area contributed by atoms with E-state index in [-0.39, 0.29) is 34.6 Å². The molecule has 0 radical (unpaired) electrons. The SMILES string of the molecule is CCOC(=O)c1nnc(NC(=O)CCc2nc3sc4c(c3c(=O)[nH]2)CCCC4)s1. The molecule has 1 aliphatic carbocycles. The van der Waals surface area contributed by atoms with Crippen LogP contribution >= 0.6 is 22.7 Å². The molecule has 0 bridgehead atoms. The summed E-state index contributed by atoms with van der Waals surface area (Å²) >= 11 is 2.53. The number of nitrogens with one attached hydrogen (secondary N) is 2. The number of thiophene rings is 1. The van der Waals surface area contributed by atoms with Gasteiger partial charge < -0.3 is 15.0 Å². The van der Waals surface area contributed by atoms with E-state index in [1.807, 2.05) is 0 Å². The first-order valence-corrected chi connectivity index (χ1v) is 11.0. The minimum atomic E-state index is -0.570. The zero-order valence-electron chi connectivity index (χ0n) is 15.7. The molecule has 1 amide bonds. The Bertz CT molecular complexity index is 1130. The second-order valence-electron chi connectivity index (χ2n) is 6.58. The lowest BCUT2D eigenvalue weighted by molar-refractivity contribution is -0.116. The maximum atomic E-state index is 12.5. The Kier molecular flexibility index (Phi) is 5.67. The van der Waals surface area contributed by atoms with Crippen molar-refractivity contribution in [2.24, 2.45) is 0 Å². The Balaban J connectivity index is 1.41. The van der Waals surface area contributed by atoms with Crippen LogP contribution in [-0.4, -0.2) is 38.6 Å². The standard InChI is InChI=1S/C18H19N5O4S2/c1-2-27-17(26)16-22-23-18(29-16)21-12(24)8-7-11-19-14(25)13-9-5-3-4-6-10(9)28-15(13)20-11/h2-8H2,1H3,(H,19,20,25)(H,21,23,24). The molecule has 3 heterocycles. The third kappa shape index (κ3) is 4.20. The van der Waals surface area contributed by atoms with Crippen molar-refractivity contribution in [3.05, 3.63) is 31.6 Å². The number of esters is 1. The Morgan fingerprint density at radius 2 is 2.03 bits per heavy atom. The monoisotopic (exact) mass is 433 g/mol. The normalized spacial score (nSPS) is 13.3. The third-order valence-electron chi connectivity index (χ3n) is 4.58. The molecule has 0 unspecified atom stereocenters. The van der Waals surface area contributed by atoms with Crippen molar-refractivity contribution >= 4 is 49.9 Å². The number of anilines is 1. The molecule has 29 heavy (non-hydrogen) atoms. The largest absolute Gasteiger partial charge is 0.461 e. The van der Waals surface area contributed by atoms with Crippen LogP contribution < -0.4 is 10.9 Å². The van der Waals surface area contributed by atoms with Gasteiger partial charge in [-0.05, 0) is 38.2 Å². The Morgan fingerprint density at radius 1 is 1.21 bits per heavy atom. The van der Waals surface area contributed by atoms with E-state index >= 15 is 0 Å². The fraction of sp³-hybridized carbons (Fsp3) is 0.444. The molecule has 11 heteroatoms. The first kappa shape index (κ1) is 19.6. The van der Waals surface area contributed by atoms with Crippen molar-refractivity contribution in [3.63, 3.8) is 0 Å². The van der Waals surface area contributed by atoms with Gasteiger partial charge in [0, 0.05) is 17.7 Å². The van der Waals surface area contributed by atoms with Crippen LogP contribution in [0.5, 0.6) is 0 Å². The molecule has 2 N–H and O–H groups in total. The first-order chi connectivity index (χ1) is 14.0. The van der Waals surface area contributed by atoms with Crippen molar-refractivity contribution in [2.45, 2.75) is 45.4 Å². The number of amides is 1. The molecule has 4 rings (SSSR count). The fourth-order valence-electron chi connectivity index (χ4n) is 3.29. The first-order valence-electron chi connectivity index (χ1n) is 9.39. The minimum absolute atomic E-state index is 0.0836. The molecular formula is C18H19N5O4S2. The van der Waals surface area contributed by atoms with Crippen molar-refractivity contribution in [1.82, 2.24) is 20.2 Å². The van der Waals surface area contributed by atoms with Gasteiger partial charge in [-0.25, -0.2) is 9.78 Å². The van der Waals surface area contributed by atoms with Crippen LogP contribution in [0.3, 0.4) is 0 Å². The number of nitrogens with zero attached hydrogens (tertiary/aromatic N) is 3. The number of H-pyrrole nitrogens is 1. The number of fused-ring (bicyclic) bond motifs is 3. The summed E-state index contributed by atoms with van der Waals surface area (Å²) in [4.78, 5) is 45.7. The molecular weight excluding hydrogens is 414 g/mol. The van der Waals surface area contributed by atoms with Gasteiger partial charge in [-0.15, -0.1) is 21.5 Å². The molecule has 0 aromatic carbocycles. The number of hydrogen-bond donors (Lipinski definition) is 2. The summed E-state index contributed by atoms with van der Waals surface area (Å²) in [5, 5.41) is 11.1. The van der Waals surface area contributed by atoms with Crippen molar-refractivity contribution in [1.29, 1.82) is 0 Å². The Hall–Kier alpha value is -2.66. The molecule has 9 nitrogen and oxygen atoms in total. The topological polar surface area (TPSA) is 127 Å². The van der Waals surface area contributed by atoms with E-state index in [1.54, 1.807) is 18.3 Å². The number of carbonyl (C=O) groups excluding carboxylic acids is 2. The zero-order valence-corrected chi connectivity index (χ0v) is 17.4. The summed E-state index contributed by atoms with van der Waals surface area (Å²) < 4.78 is 4.84. The van der Waals surface area contributed by atoms with Gasteiger partial charge in [0.15, 0.2) is 0 Å². The molecule has 3 aromatic rings. The average Bonchev–Trinajstić information content (AvgIpc) is 3.31. The summed E-state index contributed by atoms with van der Waals surface area (Å²) in [5.41, 5.74) is 1.01. The number of carbonyl (C=O) groups is 2. The van der Waals surface area contributed by atoms with Crippen molar-refractivity contribution < 1.29 is 14.3 Å². The number of aryl methyl sites for hydroxylation is 3. The summed E-state index contributed by atoms with van der Waals surface area (Å²) in [7, 11) is 0. The maximum Gasteiger partial charge on any atom is 0.369 e. The number of ether oxygens (including phenoxy) is 1. The van der Waals surface area contributed by atoms with E-state index in [2.05, 4.69) is 25.5 Å². The van der Waals surface area contributed by atoms with Crippen LogP contribution in [0.15, 0.2) is 4.79 Å². The smallest absolute Gasteiger partial charge is 0.369 e. The number of hydrogen-bond acceptors (Lipinski definition) is 9.